The van der Waals surface area contributed by atoms with Gasteiger partial charge in [-0.1, -0.05) is 32.8 Å². The van der Waals surface area contributed by atoms with Gasteiger partial charge in [0.15, 0.2) is 0 Å². The first-order chi connectivity index (χ1) is 11.9. The summed E-state index contributed by atoms with van der Waals surface area (Å²) in [7, 11) is -3.72. The molecule has 0 aliphatic carbocycles. The summed E-state index contributed by atoms with van der Waals surface area (Å²) in [5, 5.41) is 0. The molecule has 1 aromatic rings. The van der Waals surface area contributed by atoms with Crippen molar-refractivity contribution in [3.05, 3.63) is 30.1 Å². The van der Waals surface area contributed by atoms with E-state index in [4.69, 9.17) is 0 Å². The average molecular weight is 370 g/mol. The fourth-order valence-electron chi connectivity index (χ4n) is 3.14. The van der Waals surface area contributed by atoms with E-state index in [1.54, 1.807) is 4.90 Å². The number of piperazine rings is 1. The van der Waals surface area contributed by atoms with Gasteiger partial charge in [0.25, 0.3) is 0 Å². The smallest absolute Gasteiger partial charge is 0.243 e. The number of carbonyl (C=O) groups excluding carboxylic acids is 1. The number of benzene rings is 1. The molecule has 0 radical (unpaired) electrons. The number of halogens is 1. The predicted octanol–water partition coefficient (Wildman–Crippen LogP) is 2.88. The van der Waals surface area contributed by atoms with Gasteiger partial charge in [0.2, 0.25) is 15.9 Å². The minimum absolute atomic E-state index is 0.0197. The molecule has 140 valence electrons. The molecule has 1 saturated heterocycles. The Hall–Kier alpha value is -1.47. The maximum Gasteiger partial charge on any atom is 0.243 e. The van der Waals surface area contributed by atoms with Crippen LogP contribution in [0.15, 0.2) is 29.2 Å². The van der Waals surface area contributed by atoms with E-state index < -0.39 is 15.8 Å². The molecule has 1 unspecified atom stereocenters. The summed E-state index contributed by atoms with van der Waals surface area (Å²) >= 11 is 0. The van der Waals surface area contributed by atoms with Crippen molar-refractivity contribution in [3.8, 4) is 0 Å². The lowest BCUT2D eigenvalue weighted by atomic mass is 9.97. The van der Waals surface area contributed by atoms with Gasteiger partial charge >= 0.3 is 0 Å². The van der Waals surface area contributed by atoms with Crippen molar-refractivity contribution in [2.45, 2.75) is 44.4 Å². The Morgan fingerprint density at radius 1 is 1.20 bits per heavy atom. The van der Waals surface area contributed by atoms with Crippen molar-refractivity contribution in [1.82, 2.24) is 9.21 Å². The molecule has 1 atom stereocenters. The maximum absolute atomic E-state index is 13.3. The van der Waals surface area contributed by atoms with Crippen LogP contribution in [-0.4, -0.2) is 49.7 Å². The van der Waals surface area contributed by atoms with E-state index in [2.05, 4.69) is 6.92 Å². The highest BCUT2D eigenvalue weighted by atomic mass is 32.2. The zero-order valence-electron chi connectivity index (χ0n) is 14.9. The van der Waals surface area contributed by atoms with Crippen LogP contribution in [0.4, 0.5) is 4.39 Å². The van der Waals surface area contributed by atoms with E-state index in [1.165, 1.54) is 22.5 Å². The summed E-state index contributed by atoms with van der Waals surface area (Å²) in [6, 6.07) is 5.04. The molecule has 0 bridgehead atoms. The third-order valence-corrected chi connectivity index (χ3v) is 6.63. The number of rotatable bonds is 7. The summed E-state index contributed by atoms with van der Waals surface area (Å²) in [5.41, 5.74) is 0. The molecule has 5 nitrogen and oxygen atoms in total. The monoisotopic (exact) mass is 370 g/mol. The number of amides is 1. The fraction of sp³-hybridized carbons (Fsp3) is 0.611. The lowest BCUT2D eigenvalue weighted by Crippen LogP contribution is -2.51. The molecule has 1 fully saturated rings. The SMILES string of the molecule is CCCCC(CC)C(=O)N1CCN(S(=O)(=O)c2cccc(F)c2)CC1. The van der Waals surface area contributed by atoms with Gasteiger partial charge in [-0.05, 0) is 31.0 Å². The molecule has 2 rings (SSSR count). The molecule has 0 spiro atoms. The zero-order chi connectivity index (χ0) is 18.4. The first kappa shape index (κ1) is 19.8. The molecular weight excluding hydrogens is 343 g/mol. The normalized spacial score (nSPS) is 17.5. The maximum atomic E-state index is 13.3. The molecule has 1 heterocycles. The van der Waals surface area contributed by atoms with E-state index in [-0.39, 0.29) is 29.8 Å². The van der Waals surface area contributed by atoms with Crippen LogP contribution in [0.25, 0.3) is 0 Å². The molecule has 0 N–H and O–H groups in total. The largest absolute Gasteiger partial charge is 0.340 e. The molecule has 1 aliphatic rings. The molecule has 1 aromatic carbocycles. The Balaban J connectivity index is 2.00. The summed E-state index contributed by atoms with van der Waals surface area (Å²) in [6.45, 7) is 5.38. The van der Waals surface area contributed by atoms with Gasteiger partial charge in [-0.25, -0.2) is 12.8 Å². The van der Waals surface area contributed by atoms with Crippen molar-refractivity contribution >= 4 is 15.9 Å². The van der Waals surface area contributed by atoms with Gasteiger partial charge in [-0.3, -0.25) is 4.79 Å². The van der Waals surface area contributed by atoms with Crippen molar-refractivity contribution in [2.75, 3.05) is 26.2 Å². The number of nitrogens with zero attached hydrogens (tertiary/aromatic N) is 2. The van der Waals surface area contributed by atoms with Crippen molar-refractivity contribution in [2.24, 2.45) is 5.92 Å². The highest BCUT2D eigenvalue weighted by Gasteiger charge is 2.32. The predicted molar refractivity (Wildman–Crippen MR) is 95.0 cm³/mol. The number of unbranched alkanes of at least 4 members (excludes halogenated alkanes) is 1. The summed E-state index contributed by atoms with van der Waals surface area (Å²) in [6.07, 6.45) is 3.77. The number of carbonyl (C=O) groups is 1. The van der Waals surface area contributed by atoms with E-state index >= 15 is 0 Å². The highest BCUT2D eigenvalue weighted by molar-refractivity contribution is 7.89. The van der Waals surface area contributed by atoms with Crippen LogP contribution < -0.4 is 0 Å². The van der Waals surface area contributed by atoms with Crippen LogP contribution in [-0.2, 0) is 14.8 Å². The molecule has 25 heavy (non-hydrogen) atoms. The lowest BCUT2D eigenvalue weighted by molar-refractivity contribution is -0.137. The molecular formula is C18H27FN2O3S. The van der Waals surface area contributed by atoms with Gasteiger partial charge in [0.1, 0.15) is 5.82 Å². The molecule has 1 amide bonds. The van der Waals surface area contributed by atoms with Gasteiger partial charge < -0.3 is 4.90 Å². The standard InChI is InChI=1S/C18H27FN2O3S/c1-3-5-7-15(4-2)18(22)20-10-12-21(13-11-20)25(23,24)17-9-6-8-16(19)14-17/h6,8-9,14-15H,3-5,7,10-13H2,1-2H3. The Labute approximate surface area is 149 Å². The first-order valence-electron chi connectivity index (χ1n) is 8.94. The summed E-state index contributed by atoms with van der Waals surface area (Å²) < 4.78 is 39.9. The topological polar surface area (TPSA) is 57.7 Å². The van der Waals surface area contributed by atoms with Crippen LogP contribution in [0.1, 0.15) is 39.5 Å². The highest BCUT2D eigenvalue weighted by Crippen LogP contribution is 2.21. The van der Waals surface area contributed by atoms with Gasteiger partial charge in [0.05, 0.1) is 4.90 Å². The second-order valence-corrected chi connectivity index (χ2v) is 8.37. The quantitative estimate of drug-likeness (QED) is 0.742. The van der Waals surface area contributed by atoms with E-state index in [1.807, 2.05) is 6.92 Å². The van der Waals surface area contributed by atoms with Gasteiger partial charge in [0, 0.05) is 32.1 Å². The van der Waals surface area contributed by atoms with Gasteiger partial charge in [-0.15, -0.1) is 0 Å². The first-order valence-corrected chi connectivity index (χ1v) is 10.4. The Bertz CT molecular complexity index is 685. The zero-order valence-corrected chi connectivity index (χ0v) is 15.8. The number of hydrogen-bond donors (Lipinski definition) is 0. The van der Waals surface area contributed by atoms with Crippen molar-refractivity contribution < 1.29 is 17.6 Å². The third kappa shape index (κ3) is 4.79. The Morgan fingerprint density at radius 2 is 1.88 bits per heavy atom. The van der Waals surface area contributed by atoms with Gasteiger partial charge in [-0.2, -0.15) is 4.31 Å². The Morgan fingerprint density at radius 3 is 2.44 bits per heavy atom. The van der Waals surface area contributed by atoms with Crippen LogP contribution in [0, 0.1) is 11.7 Å². The minimum atomic E-state index is -3.72. The van der Waals surface area contributed by atoms with Crippen LogP contribution >= 0.6 is 0 Å². The Kier molecular flexibility index (Phi) is 6.95. The minimum Gasteiger partial charge on any atom is -0.340 e. The van der Waals surface area contributed by atoms with Crippen LogP contribution in [0.2, 0.25) is 0 Å². The second-order valence-electron chi connectivity index (χ2n) is 6.43. The number of hydrogen-bond acceptors (Lipinski definition) is 3. The lowest BCUT2D eigenvalue weighted by Gasteiger charge is -2.35. The van der Waals surface area contributed by atoms with E-state index in [0.717, 1.165) is 31.7 Å². The van der Waals surface area contributed by atoms with Crippen LogP contribution in [0.5, 0.6) is 0 Å². The van der Waals surface area contributed by atoms with Crippen LogP contribution in [0.3, 0.4) is 0 Å². The third-order valence-electron chi connectivity index (χ3n) is 4.73. The van der Waals surface area contributed by atoms with E-state index in [9.17, 15) is 17.6 Å². The van der Waals surface area contributed by atoms with Crippen molar-refractivity contribution in [3.63, 3.8) is 0 Å². The summed E-state index contributed by atoms with van der Waals surface area (Å²) in [5.74, 6) is -0.429. The van der Waals surface area contributed by atoms with Crippen molar-refractivity contribution in [1.29, 1.82) is 0 Å². The second kappa shape index (κ2) is 8.76. The molecule has 1 aliphatic heterocycles. The number of sulfonamides is 1. The van der Waals surface area contributed by atoms with E-state index in [0.29, 0.717) is 13.1 Å². The fourth-order valence-corrected chi connectivity index (χ4v) is 4.59. The average Bonchev–Trinajstić information content (AvgIpc) is 2.62. The molecule has 0 aromatic heterocycles. The summed E-state index contributed by atoms with van der Waals surface area (Å²) in [4.78, 5) is 14.3. The molecule has 7 heteroatoms. The molecule has 0 saturated carbocycles.